The minimum atomic E-state index is -0.303. The lowest BCUT2D eigenvalue weighted by Gasteiger charge is -2.27. The molecule has 4 nitrogen and oxygen atoms in total. The Labute approximate surface area is 211 Å². The van der Waals surface area contributed by atoms with Crippen LogP contribution in [-0.2, 0) is 12.0 Å². The van der Waals surface area contributed by atoms with Crippen LogP contribution < -0.4 is 9.47 Å². The van der Waals surface area contributed by atoms with Gasteiger partial charge in [0, 0.05) is 42.1 Å². The first kappa shape index (κ1) is 25.7. The highest BCUT2D eigenvalue weighted by Gasteiger charge is 2.26. The first-order valence-corrected chi connectivity index (χ1v) is 12.4. The number of benzene rings is 2. The number of aromatic nitrogens is 2. The van der Waals surface area contributed by atoms with Crippen LogP contribution in [0.1, 0.15) is 38.8 Å². The van der Waals surface area contributed by atoms with E-state index in [4.69, 9.17) is 44.3 Å². The maximum atomic E-state index is 6.53. The molecule has 0 bridgehead atoms. The van der Waals surface area contributed by atoms with Crippen molar-refractivity contribution < 1.29 is 9.47 Å². The Hall–Kier alpha value is -1.88. The fraction of sp³-hybridized carbons (Fsp3) is 0.423. The normalized spacial score (nSPS) is 13.5. The molecule has 2 aromatic carbocycles. The molecule has 0 aliphatic heterocycles. The van der Waals surface area contributed by atoms with Crippen molar-refractivity contribution in [3.05, 3.63) is 76.3 Å². The van der Waals surface area contributed by atoms with Crippen molar-refractivity contribution in [1.82, 2.24) is 9.55 Å². The van der Waals surface area contributed by atoms with Crippen molar-refractivity contribution >= 4 is 34.8 Å². The monoisotopic (exact) mass is 508 g/mol. The highest BCUT2D eigenvalue weighted by molar-refractivity contribution is 6.37. The summed E-state index contributed by atoms with van der Waals surface area (Å²) in [5.41, 5.74) is 1.85. The highest BCUT2D eigenvalue weighted by atomic mass is 35.5. The largest absolute Gasteiger partial charge is 0.493 e. The second-order valence-corrected chi connectivity index (χ2v) is 10.3. The summed E-state index contributed by atoms with van der Waals surface area (Å²) in [6.45, 7) is 10.4. The molecule has 0 aliphatic rings. The summed E-state index contributed by atoms with van der Waals surface area (Å²) in [5, 5.41) is 0.998. The fourth-order valence-corrected chi connectivity index (χ4v) is 4.19. The van der Waals surface area contributed by atoms with Crippen LogP contribution in [0.3, 0.4) is 0 Å². The lowest BCUT2D eigenvalue weighted by Crippen LogP contribution is -2.19. The van der Waals surface area contributed by atoms with Gasteiger partial charge in [0.25, 0.3) is 0 Å². The second kappa shape index (κ2) is 11.5. The van der Waals surface area contributed by atoms with Gasteiger partial charge in [0.2, 0.25) is 0 Å². The average molecular weight is 510 g/mol. The van der Waals surface area contributed by atoms with Gasteiger partial charge in [-0.05, 0) is 35.4 Å². The van der Waals surface area contributed by atoms with E-state index in [9.17, 15) is 0 Å². The maximum Gasteiger partial charge on any atom is 0.156 e. The van der Waals surface area contributed by atoms with Gasteiger partial charge < -0.3 is 14.0 Å². The average Bonchev–Trinajstić information content (AvgIpc) is 3.30. The van der Waals surface area contributed by atoms with Crippen LogP contribution in [0.2, 0.25) is 10.0 Å². The van der Waals surface area contributed by atoms with Crippen LogP contribution in [0.15, 0.2) is 55.1 Å². The molecule has 0 saturated carbocycles. The van der Waals surface area contributed by atoms with E-state index in [2.05, 4.69) is 42.5 Å². The van der Waals surface area contributed by atoms with E-state index in [1.165, 1.54) is 0 Å². The molecule has 3 rings (SSSR count). The van der Waals surface area contributed by atoms with E-state index in [1.807, 2.05) is 43.7 Å². The van der Waals surface area contributed by atoms with Gasteiger partial charge in [0.05, 0.1) is 29.6 Å². The number of halogens is 3. The van der Waals surface area contributed by atoms with Gasteiger partial charge >= 0.3 is 0 Å². The van der Waals surface area contributed by atoms with E-state index in [-0.39, 0.29) is 11.3 Å². The Morgan fingerprint density at radius 3 is 2.15 bits per heavy atom. The lowest BCUT2D eigenvalue weighted by atomic mass is 9.78. The molecule has 2 atom stereocenters. The third kappa shape index (κ3) is 6.81. The highest BCUT2D eigenvalue weighted by Crippen LogP contribution is 2.40. The third-order valence-corrected chi connectivity index (χ3v) is 6.78. The third-order valence-electron chi connectivity index (χ3n) is 5.69. The topological polar surface area (TPSA) is 36.3 Å². The summed E-state index contributed by atoms with van der Waals surface area (Å²) in [6.07, 6.45) is 5.58. The van der Waals surface area contributed by atoms with Gasteiger partial charge in [-0.1, -0.05) is 63.0 Å². The summed E-state index contributed by atoms with van der Waals surface area (Å²) >= 11 is 18.9. The zero-order chi connectivity index (χ0) is 24.0. The van der Waals surface area contributed by atoms with Gasteiger partial charge in [-0.25, -0.2) is 4.98 Å². The molecule has 1 heterocycles. The molecule has 0 fully saturated rings. The molecule has 0 aliphatic carbocycles. The summed E-state index contributed by atoms with van der Waals surface area (Å²) in [6, 6.07) is 12.0. The van der Waals surface area contributed by atoms with Crippen LogP contribution in [0.25, 0.3) is 0 Å². The number of rotatable bonds is 11. The van der Waals surface area contributed by atoms with Crippen LogP contribution >= 0.6 is 34.8 Å². The molecule has 0 amide bonds. The molecule has 178 valence electrons. The Balaban J connectivity index is 1.67. The molecular formula is C26H31Cl3N2O2. The van der Waals surface area contributed by atoms with Crippen molar-refractivity contribution in [2.45, 2.75) is 39.7 Å². The van der Waals surface area contributed by atoms with E-state index in [0.29, 0.717) is 40.8 Å². The fourth-order valence-electron chi connectivity index (χ4n) is 3.51. The number of hydrogen-bond acceptors (Lipinski definition) is 3. The van der Waals surface area contributed by atoms with Gasteiger partial charge in [0.1, 0.15) is 5.75 Å². The number of ether oxygens (including phenoxy) is 2. The van der Waals surface area contributed by atoms with Crippen LogP contribution in [0.5, 0.6) is 11.5 Å². The summed E-state index contributed by atoms with van der Waals surface area (Å²) in [7, 11) is 0. The summed E-state index contributed by atoms with van der Waals surface area (Å²) in [5.74, 6) is 2.45. The molecule has 1 aromatic heterocycles. The first-order chi connectivity index (χ1) is 15.7. The Kier molecular flexibility index (Phi) is 8.97. The molecule has 33 heavy (non-hydrogen) atoms. The van der Waals surface area contributed by atoms with Crippen molar-refractivity contribution in [3.63, 3.8) is 0 Å². The Morgan fingerprint density at radius 1 is 0.939 bits per heavy atom. The second-order valence-electron chi connectivity index (χ2n) is 9.16. The minimum absolute atomic E-state index is 0.213. The molecule has 0 spiro atoms. The van der Waals surface area contributed by atoms with E-state index in [1.54, 1.807) is 6.20 Å². The first-order valence-electron chi connectivity index (χ1n) is 11.1. The number of nitrogens with zero attached hydrogens (tertiary/aromatic N) is 2. The van der Waals surface area contributed by atoms with Gasteiger partial charge in [-0.15, -0.1) is 11.6 Å². The zero-order valence-electron chi connectivity index (χ0n) is 19.5. The minimum Gasteiger partial charge on any atom is -0.493 e. The molecule has 7 heteroatoms. The van der Waals surface area contributed by atoms with Gasteiger partial charge in [-0.3, -0.25) is 0 Å². The predicted molar refractivity (Wildman–Crippen MR) is 137 cm³/mol. The van der Waals surface area contributed by atoms with E-state index >= 15 is 0 Å². The molecular weight excluding hydrogens is 479 g/mol. The number of hydrogen-bond donors (Lipinski definition) is 0. The van der Waals surface area contributed by atoms with Crippen LogP contribution in [-0.4, -0.2) is 28.6 Å². The van der Waals surface area contributed by atoms with E-state index in [0.717, 1.165) is 23.4 Å². The van der Waals surface area contributed by atoms with Crippen molar-refractivity contribution in [2.75, 3.05) is 19.1 Å². The Morgan fingerprint density at radius 2 is 1.58 bits per heavy atom. The lowest BCUT2D eigenvalue weighted by molar-refractivity contribution is 0.244. The van der Waals surface area contributed by atoms with Gasteiger partial charge in [0.15, 0.2) is 5.75 Å². The standard InChI is InChI=1S/C26H31Cl3N2O2/c1-18(13-27)15-33-25-23(28)11-21(12-24(25)29)26(3,4)20-5-7-22(8-6-20)32-16-19(2)14-31-10-9-30-17-31/h5-12,17-19H,13-16H2,1-4H3/t18-,19-/m0/s1. The molecule has 0 radical (unpaired) electrons. The molecule has 0 unspecified atom stereocenters. The van der Waals surface area contributed by atoms with Crippen molar-refractivity contribution in [3.8, 4) is 11.5 Å². The zero-order valence-corrected chi connectivity index (χ0v) is 21.8. The van der Waals surface area contributed by atoms with Crippen LogP contribution in [0, 0.1) is 11.8 Å². The quantitative estimate of drug-likeness (QED) is 0.251. The molecule has 0 N–H and O–H groups in total. The SMILES string of the molecule is C[C@H](COc1ccc(C(C)(C)c2cc(Cl)c(OC[C@@H](C)CCl)c(Cl)c2)cc1)Cn1ccnc1. The molecule has 0 saturated heterocycles. The Bertz CT molecular complexity index is 998. The smallest absolute Gasteiger partial charge is 0.156 e. The van der Waals surface area contributed by atoms with E-state index < -0.39 is 0 Å². The van der Waals surface area contributed by atoms with Gasteiger partial charge in [-0.2, -0.15) is 0 Å². The maximum absolute atomic E-state index is 6.53. The predicted octanol–water partition coefficient (Wildman–Crippen LogP) is 7.48. The number of imidazole rings is 1. The van der Waals surface area contributed by atoms with Crippen molar-refractivity contribution in [2.24, 2.45) is 11.8 Å². The molecule has 3 aromatic rings. The summed E-state index contributed by atoms with van der Waals surface area (Å²) in [4.78, 5) is 4.08. The van der Waals surface area contributed by atoms with Crippen LogP contribution in [0.4, 0.5) is 0 Å². The summed E-state index contributed by atoms with van der Waals surface area (Å²) < 4.78 is 13.9. The van der Waals surface area contributed by atoms with Crippen molar-refractivity contribution in [1.29, 1.82) is 0 Å². The number of alkyl halides is 1.